The standard InChI is InChI=1S/C25H18ClF4N3O2S/c26-19-6-1-2-7-20(19)32-23(35)21-13-22(34)33(14-15-8-10-17(27)11-9-15)24(36-21)31-18-5-3-4-16(12-18)25(28,29)30/h1-12,21H,13-14H2,(H,32,35). The van der Waals surface area contributed by atoms with E-state index in [9.17, 15) is 27.2 Å². The maximum atomic E-state index is 13.3. The second kappa shape index (κ2) is 10.7. The fraction of sp³-hybridized carbons (Fsp3) is 0.160. The van der Waals surface area contributed by atoms with E-state index in [0.717, 1.165) is 23.9 Å². The Kier molecular flexibility index (Phi) is 7.65. The maximum absolute atomic E-state index is 13.3. The summed E-state index contributed by atoms with van der Waals surface area (Å²) in [6.45, 7) is 0.00274. The summed E-state index contributed by atoms with van der Waals surface area (Å²) in [6, 6.07) is 16.4. The average Bonchev–Trinajstić information content (AvgIpc) is 2.83. The summed E-state index contributed by atoms with van der Waals surface area (Å²) >= 11 is 7.06. The monoisotopic (exact) mass is 535 g/mol. The Morgan fingerprint density at radius 1 is 1.08 bits per heavy atom. The van der Waals surface area contributed by atoms with Gasteiger partial charge in [0, 0.05) is 6.42 Å². The summed E-state index contributed by atoms with van der Waals surface area (Å²) in [5, 5.41) is 2.14. The van der Waals surface area contributed by atoms with Crippen LogP contribution in [0.5, 0.6) is 0 Å². The lowest BCUT2D eigenvalue weighted by molar-refractivity contribution is -0.137. The van der Waals surface area contributed by atoms with Gasteiger partial charge in [-0.2, -0.15) is 13.2 Å². The highest BCUT2D eigenvalue weighted by Crippen LogP contribution is 2.34. The molecular weight excluding hydrogens is 518 g/mol. The van der Waals surface area contributed by atoms with E-state index in [-0.39, 0.29) is 23.8 Å². The van der Waals surface area contributed by atoms with Crippen molar-refractivity contribution in [2.75, 3.05) is 5.32 Å². The van der Waals surface area contributed by atoms with Crippen molar-refractivity contribution in [1.82, 2.24) is 4.90 Å². The summed E-state index contributed by atoms with van der Waals surface area (Å²) in [5.74, 6) is -1.41. The largest absolute Gasteiger partial charge is 0.416 e. The minimum atomic E-state index is -4.57. The summed E-state index contributed by atoms with van der Waals surface area (Å²) in [4.78, 5) is 31.6. The summed E-state index contributed by atoms with van der Waals surface area (Å²) in [5.41, 5.74) is 0.0226. The molecule has 1 N–H and O–H groups in total. The lowest BCUT2D eigenvalue weighted by atomic mass is 10.2. The molecule has 1 fully saturated rings. The molecule has 0 bridgehead atoms. The minimum absolute atomic E-state index is 0.00274. The molecule has 3 aromatic rings. The highest BCUT2D eigenvalue weighted by Gasteiger charge is 2.36. The van der Waals surface area contributed by atoms with Gasteiger partial charge in [0.05, 0.1) is 28.5 Å². The molecule has 1 heterocycles. The minimum Gasteiger partial charge on any atom is -0.324 e. The number of aliphatic imine (C=N–C) groups is 1. The van der Waals surface area contributed by atoms with Crippen LogP contribution in [0.25, 0.3) is 0 Å². The Hall–Kier alpha value is -3.37. The molecule has 1 aliphatic heterocycles. The molecule has 2 amide bonds. The summed E-state index contributed by atoms with van der Waals surface area (Å²) in [7, 11) is 0. The number of para-hydroxylation sites is 1. The molecule has 4 rings (SSSR count). The van der Waals surface area contributed by atoms with E-state index in [1.807, 2.05) is 0 Å². The SMILES string of the molecule is O=C(Nc1ccccc1Cl)C1CC(=O)N(Cc2ccc(F)cc2)C(=Nc2cccc(C(F)(F)F)c2)S1. The highest BCUT2D eigenvalue weighted by atomic mass is 35.5. The van der Waals surface area contributed by atoms with Gasteiger partial charge in [-0.25, -0.2) is 9.38 Å². The van der Waals surface area contributed by atoms with E-state index in [1.54, 1.807) is 24.3 Å². The molecular formula is C25H18ClF4N3O2S. The van der Waals surface area contributed by atoms with Crippen LogP contribution in [0, 0.1) is 5.82 Å². The number of rotatable bonds is 5. The molecule has 0 radical (unpaired) electrons. The number of amidine groups is 1. The number of nitrogens with one attached hydrogen (secondary N) is 1. The average molecular weight is 536 g/mol. The molecule has 1 saturated heterocycles. The van der Waals surface area contributed by atoms with Gasteiger partial charge in [-0.15, -0.1) is 0 Å². The van der Waals surface area contributed by atoms with Crippen LogP contribution >= 0.6 is 23.4 Å². The Bertz CT molecular complexity index is 1320. The van der Waals surface area contributed by atoms with E-state index >= 15 is 0 Å². The van der Waals surface area contributed by atoms with E-state index in [4.69, 9.17) is 11.6 Å². The molecule has 1 unspecified atom stereocenters. The van der Waals surface area contributed by atoms with Crippen LogP contribution in [0.3, 0.4) is 0 Å². The molecule has 186 valence electrons. The van der Waals surface area contributed by atoms with Gasteiger partial charge in [-0.3, -0.25) is 14.5 Å². The highest BCUT2D eigenvalue weighted by molar-refractivity contribution is 8.15. The van der Waals surface area contributed by atoms with Crippen molar-refractivity contribution in [2.45, 2.75) is 24.4 Å². The molecule has 36 heavy (non-hydrogen) atoms. The zero-order chi connectivity index (χ0) is 25.9. The van der Waals surface area contributed by atoms with Crippen molar-refractivity contribution in [2.24, 2.45) is 4.99 Å². The van der Waals surface area contributed by atoms with Gasteiger partial charge in [0.15, 0.2) is 5.17 Å². The predicted molar refractivity (Wildman–Crippen MR) is 132 cm³/mol. The number of thioether (sulfide) groups is 1. The van der Waals surface area contributed by atoms with Gasteiger partial charge in [0.25, 0.3) is 0 Å². The second-order valence-electron chi connectivity index (χ2n) is 7.83. The number of carbonyl (C=O) groups is 2. The van der Waals surface area contributed by atoms with Crippen LogP contribution in [0.2, 0.25) is 5.02 Å². The second-order valence-corrected chi connectivity index (χ2v) is 9.41. The van der Waals surface area contributed by atoms with Gasteiger partial charge in [0.1, 0.15) is 11.1 Å². The van der Waals surface area contributed by atoms with E-state index < -0.39 is 34.6 Å². The van der Waals surface area contributed by atoms with Gasteiger partial charge in [-0.05, 0) is 48.0 Å². The number of alkyl halides is 3. The molecule has 0 spiro atoms. The van der Waals surface area contributed by atoms with Crippen molar-refractivity contribution < 1.29 is 27.2 Å². The van der Waals surface area contributed by atoms with Gasteiger partial charge < -0.3 is 5.32 Å². The Morgan fingerprint density at radius 3 is 2.50 bits per heavy atom. The number of hydrogen-bond donors (Lipinski definition) is 1. The zero-order valence-electron chi connectivity index (χ0n) is 18.4. The van der Waals surface area contributed by atoms with Crippen LogP contribution in [0.1, 0.15) is 17.5 Å². The van der Waals surface area contributed by atoms with E-state index in [0.29, 0.717) is 16.3 Å². The first-order valence-corrected chi connectivity index (χ1v) is 11.9. The first-order chi connectivity index (χ1) is 17.1. The fourth-order valence-electron chi connectivity index (χ4n) is 3.41. The molecule has 3 aromatic carbocycles. The molecule has 5 nitrogen and oxygen atoms in total. The molecule has 0 aromatic heterocycles. The van der Waals surface area contributed by atoms with Gasteiger partial charge in [0.2, 0.25) is 11.8 Å². The number of hydrogen-bond acceptors (Lipinski definition) is 4. The number of amides is 2. The van der Waals surface area contributed by atoms with E-state index in [2.05, 4.69) is 10.3 Å². The number of nitrogens with zero attached hydrogens (tertiary/aromatic N) is 2. The molecule has 0 saturated carbocycles. The van der Waals surface area contributed by atoms with Crippen molar-refractivity contribution in [1.29, 1.82) is 0 Å². The van der Waals surface area contributed by atoms with Crippen molar-refractivity contribution in [3.05, 3.63) is 94.8 Å². The third kappa shape index (κ3) is 6.24. The Morgan fingerprint density at radius 2 is 1.81 bits per heavy atom. The number of carbonyl (C=O) groups excluding carboxylic acids is 2. The van der Waals surface area contributed by atoms with Crippen LogP contribution < -0.4 is 5.32 Å². The lowest BCUT2D eigenvalue weighted by Gasteiger charge is -2.32. The molecule has 11 heteroatoms. The Balaban J connectivity index is 1.65. The molecule has 1 aliphatic rings. The third-order valence-corrected chi connectivity index (χ3v) is 6.73. The van der Waals surface area contributed by atoms with E-state index in [1.165, 1.54) is 41.3 Å². The van der Waals surface area contributed by atoms with Crippen molar-refractivity contribution in [3.8, 4) is 0 Å². The van der Waals surface area contributed by atoms with Crippen molar-refractivity contribution >= 4 is 51.7 Å². The topological polar surface area (TPSA) is 61.8 Å². The lowest BCUT2D eigenvalue weighted by Crippen LogP contribution is -2.44. The van der Waals surface area contributed by atoms with Gasteiger partial charge >= 0.3 is 6.18 Å². The maximum Gasteiger partial charge on any atom is 0.416 e. The van der Waals surface area contributed by atoms with Crippen LogP contribution in [0.4, 0.5) is 28.9 Å². The zero-order valence-corrected chi connectivity index (χ0v) is 20.0. The van der Waals surface area contributed by atoms with Gasteiger partial charge in [-0.1, -0.05) is 53.7 Å². The number of halogens is 5. The normalized spacial score (nSPS) is 17.4. The fourth-order valence-corrected chi connectivity index (χ4v) is 4.69. The predicted octanol–water partition coefficient (Wildman–Crippen LogP) is 6.66. The first kappa shape index (κ1) is 25.7. The summed E-state index contributed by atoms with van der Waals surface area (Å²) in [6.07, 6.45) is -4.75. The van der Waals surface area contributed by atoms with Crippen LogP contribution in [0.15, 0.2) is 77.8 Å². The van der Waals surface area contributed by atoms with Crippen LogP contribution in [-0.4, -0.2) is 27.1 Å². The Labute approximate surface area is 213 Å². The van der Waals surface area contributed by atoms with Crippen LogP contribution in [-0.2, 0) is 22.3 Å². The quantitative estimate of drug-likeness (QED) is 0.372. The first-order valence-electron chi connectivity index (χ1n) is 10.6. The molecule has 0 aliphatic carbocycles. The number of benzene rings is 3. The number of anilines is 1. The molecule has 1 atom stereocenters. The van der Waals surface area contributed by atoms with Crippen molar-refractivity contribution in [3.63, 3.8) is 0 Å². The third-order valence-electron chi connectivity index (χ3n) is 5.22. The summed E-state index contributed by atoms with van der Waals surface area (Å²) < 4.78 is 52.9. The smallest absolute Gasteiger partial charge is 0.324 e.